The second-order valence-electron chi connectivity index (χ2n) is 13.2. The lowest BCUT2D eigenvalue weighted by atomic mass is 9.79. The Hall–Kier alpha value is -6.44. The highest BCUT2D eigenvalue weighted by atomic mass is 16.5. The summed E-state index contributed by atoms with van der Waals surface area (Å²) in [6.07, 6.45) is 0. The van der Waals surface area contributed by atoms with Gasteiger partial charge in [-0.25, -0.2) is 19.2 Å². The number of benzene rings is 4. The Kier molecular flexibility index (Phi) is 8.09. The van der Waals surface area contributed by atoms with Crippen LogP contribution in [0.2, 0.25) is 0 Å². The number of hydrogen-bond donors (Lipinski definition) is 0. The lowest BCUT2D eigenvalue weighted by Crippen LogP contribution is -2.62. The van der Waals surface area contributed by atoms with Gasteiger partial charge in [0.2, 0.25) is 0 Å². The summed E-state index contributed by atoms with van der Waals surface area (Å²) in [6.45, 7) is 0.0774. The predicted molar refractivity (Wildman–Crippen MR) is 191 cm³/mol. The number of carbonyl (C=O) groups is 4. The molecule has 0 aromatic heterocycles. The van der Waals surface area contributed by atoms with E-state index >= 15 is 9.59 Å². The molecule has 0 aliphatic carbocycles. The highest BCUT2D eigenvalue weighted by Gasteiger charge is 2.81. The van der Waals surface area contributed by atoms with Crippen molar-refractivity contribution < 1.29 is 47.6 Å². The van der Waals surface area contributed by atoms with Crippen molar-refractivity contribution in [2.75, 3.05) is 42.7 Å². The molecule has 0 atom stereocenters. The molecule has 0 spiro atoms. The first kappa shape index (κ1) is 34.6. The maximum atomic E-state index is 15.7. The normalized spacial score (nSPS) is 20.7. The van der Waals surface area contributed by atoms with E-state index in [0.29, 0.717) is 67.5 Å². The molecule has 8 rings (SSSR count). The Bertz CT molecular complexity index is 1980. The van der Waals surface area contributed by atoms with Crippen molar-refractivity contribution in [1.82, 2.24) is 19.6 Å². The Morgan fingerprint density at radius 2 is 0.704 bits per heavy atom. The summed E-state index contributed by atoms with van der Waals surface area (Å²) in [5, 5.41) is 0. The van der Waals surface area contributed by atoms with E-state index < -0.39 is 23.3 Å². The van der Waals surface area contributed by atoms with E-state index in [9.17, 15) is 9.59 Å². The number of ether oxygens (including phenoxy) is 6. The third-order valence-electron chi connectivity index (χ3n) is 11.2. The van der Waals surface area contributed by atoms with Crippen LogP contribution in [0.25, 0.3) is 0 Å². The van der Waals surface area contributed by atoms with Gasteiger partial charge in [0, 0.05) is 33.4 Å². The molecule has 4 aromatic rings. The SMILES string of the molecule is COC(=O)c1ccc(C23N4Cc5c(OC)ccc(OC)c5CN2C(=O)N2Cc5c(OC)ccc(OC)c5CN(C4=O)C23c2ccc(C(=O)OC)cc2)cc1. The molecule has 0 N–H and O–H groups in total. The minimum Gasteiger partial charge on any atom is -0.496 e. The summed E-state index contributed by atoms with van der Waals surface area (Å²) in [4.78, 5) is 63.6. The number of fused-ring (bicyclic) bond motifs is 2. The number of hydrogen-bond acceptors (Lipinski definition) is 10. The smallest absolute Gasteiger partial charge is 0.337 e. The van der Waals surface area contributed by atoms with Gasteiger partial charge in [-0.15, -0.1) is 0 Å². The maximum Gasteiger partial charge on any atom is 0.337 e. The van der Waals surface area contributed by atoms with Crippen molar-refractivity contribution in [3.63, 3.8) is 0 Å². The average molecular weight is 735 g/mol. The quantitative estimate of drug-likeness (QED) is 0.222. The van der Waals surface area contributed by atoms with Crippen LogP contribution in [-0.4, -0.2) is 86.3 Å². The molecule has 278 valence electrons. The lowest BCUT2D eigenvalue weighted by Gasteiger charge is -2.49. The third kappa shape index (κ3) is 4.33. The van der Waals surface area contributed by atoms with E-state index in [-0.39, 0.29) is 38.2 Å². The zero-order valence-corrected chi connectivity index (χ0v) is 30.6. The van der Waals surface area contributed by atoms with Crippen LogP contribution in [0, 0.1) is 0 Å². The topological polar surface area (TPSA) is 137 Å². The van der Waals surface area contributed by atoms with E-state index in [0.717, 1.165) is 0 Å². The van der Waals surface area contributed by atoms with Crippen LogP contribution in [0.4, 0.5) is 9.59 Å². The molecule has 0 bridgehead atoms. The highest BCUT2D eigenvalue weighted by molar-refractivity contribution is 5.93. The molecule has 2 fully saturated rings. The van der Waals surface area contributed by atoms with Crippen molar-refractivity contribution in [1.29, 1.82) is 0 Å². The fourth-order valence-corrected chi connectivity index (χ4v) is 8.95. The van der Waals surface area contributed by atoms with Crippen molar-refractivity contribution in [2.45, 2.75) is 37.5 Å². The molecule has 4 heterocycles. The van der Waals surface area contributed by atoms with Gasteiger partial charge in [-0.1, -0.05) is 24.3 Å². The van der Waals surface area contributed by atoms with Crippen LogP contribution in [0.3, 0.4) is 0 Å². The molecule has 4 amide bonds. The molecule has 0 saturated carbocycles. The summed E-state index contributed by atoms with van der Waals surface area (Å²) in [5.74, 6) is 1.02. The number of amides is 4. The van der Waals surface area contributed by atoms with Crippen molar-refractivity contribution in [3.05, 3.63) is 117 Å². The number of carbonyl (C=O) groups excluding carboxylic acids is 4. The standard InChI is InChI=1S/C40H38N4O10/c1-49-31-15-16-32(50-2)28-20-42-38(48)44-22-30-29(33(51-3)17-18-34(30)52-4)21-43-37(47)41(19-27(28)31)39(42,25-11-7-23(8-12-25)35(45)53-5)40(43,44)26-13-9-24(10-14-26)36(46)54-6/h7-18H,19-22H2,1-6H3. The van der Waals surface area contributed by atoms with E-state index in [1.54, 1.807) is 121 Å². The van der Waals surface area contributed by atoms with Gasteiger partial charge in [0.05, 0.1) is 80.0 Å². The molecule has 14 nitrogen and oxygen atoms in total. The van der Waals surface area contributed by atoms with Gasteiger partial charge in [0.1, 0.15) is 23.0 Å². The first-order valence-corrected chi connectivity index (χ1v) is 17.2. The number of nitrogens with zero attached hydrogens (tertiary/aromatic N) is 4. The molecular weight excluding hydrogens is 696 g/mol. The Morgan fingerprint density at radius 1 is 0.444 bits per heavy atom. The van der Waals surface area contributed by atoms with Crippen LogP contribution in [0.15, 0.2) is 72.8 Å². The molecule has 14 heteroatoms. The second-order valence-corrected chi connectivity index (χ2v) is 13.2. The van der Waals surface area contributed by atoms with E-state index in [1.165, 1.54) is 14.2 Å². The van der Waals surface area contributed by atoms with Gasteiger partial charge in [0.15, 0.2) is 11.3 Å². The van der Waals surface area contributed by atoms with Crippen LogP contribution in [0.1, 0.15) is 54.1 Å². The molecule has 4 aliphatic heterocycles. The predicted octanol–water partition coefficient (Wildman–Crippen LogP) is 5.20. The number of methoxy groups -OCH3 is 6. The summed E-state index contributed by atoms with van der Waals surface area (Å²) in [6, 6.07) is 19.9. The fraction of sp³-hybridized carbons (Fsp3) is 0.300. The summed E-state index contributed by atoms with van der Waals surface area (Å²) >= 11 is 0. The zero-order valence-electron chi connectivity index (χ0n) is 30.6. The Balaban J connectivity index is 1.51. The number of esters is 2. The van der Waals surface area contributed by atoms with Gasteiger partial charge in [-0.3, -0.25) is 19.6 Å². The highest BCUT2D eigenvalue weighted by Crippen LogP contribution is 2.66. The molecule has 4 aliphatic rings. The first-order valence-electron chi connectivity index (χ1n) is 17.2. The van der Waals surface area contributed by atoms with Crippen LogP contribution in [-0.2, 0) is 47.0 Å². The largest absolute Gasteiger partial charge is 0.496 e. The average Bonchev–Trinajstić information content (AvgIpc) is 3.36. The number of rotatable bonds is 8. The lowest BCUT2D eigenvalue weighted by molar-refractivity contribution is -0.0795. The summed E-state index contributed by atoms with van der Waals surface area (Å²) in [7, 11) is 8.84. The maximum absolute atomic E-state index is 15.7. The van der Waals surface area contributed by atoms with Crippen molar-refractivity contribution in [2.24, 2.45) is 0 Å². The zero-order chi connectivity index (χ0) is 38.1. The minimum atomic E-state index is -1.60. The van der Waals surface area contributed by atoms with Gasteiger partial charge in [-0.2, -0.15) is 0 Å². The molecule has 2 saturated heterocycles. The van der Waals surface area contributed by atoms with Gasteiger partial charge in [-0.05, 0) is 48.5 Å². The Morgan fingerprint density at radius 3 is 0.926 bits per heavy atom. The molecular formula is C40H38N4O10. The monoisotopic (exact) mass is 734 g/mol. The number of urea groups is 2. The van der Waals surface area contributed by atoms with Crippen molar-refractivity contribution in [3.8, 4) is 23.0 Å². The molecule has 4 aromatic carbocycles. The minimum absolute atomic E-state index is 0.0194. The fourth-order valence-electron chi connectivity index (χ4n) is 8.95. The summed E-state index contributed by atoms with van der Waals surface area (Å²) < 4.78 is 33.5. The first-order chi connectivity index (χ1) is 26.1. The van der Waals surface area contributed by atoms with Crippen molar-refractivity contribution >= 4 is 24.0 Å². The van der Waals surface area contributed by atoms with Gasteiger partial charge in [0.25, 0.3) is 0 Å². The van der Waals surface area contributed by atoms with Crippen LogP contribution >= 0.6 is 0 Å². The Labute approximate surface area is 311 Å². The van der Waals surface area contributed by atoms with Crippen LogP contribution < -0.4 is 18.9 Å². The van der Waals surface area contributed by atoms with Gasteiger partial charge >= 0.3 is 24.0 Å². The van der Waals surface area contributed by atoms with E-state index in [4.69, 9.17) is 28.4 Å². The molecule has 0 radical (unpaired) electrons. The van der Waals surface area contributed by atoms with Gasteiger partial charge < -0.3 is 28.4 Å². The van der Waals surface area contributed by atoms with E-state index in [2.05, 4.69) is 0 Å². The molecule has 54 heavy (non-hydrogen) atoms. The molecule has 0 unspecified atom stereocenters. The third-order valence-corrected chi connectivity index (χ3v) is 11.2. The van der Waals surface area contributed by atoms with Crippen LogP contribution in [0.5, 0.6) is 23.0 Å². The van der Waals surface area contributed by atoms with E-state index in [1.807, 2.05) is 0 Å². The summed E-state index contributed by atoms with van der Waals surface area (Å²) in [5.41, 5.74) is 1.20. The second kappa shape index (κ2) is 12.6.